The van der Waals surface area contributed by atoms with Crippen LogP contribution in [0.3, 0.4) is 0 Å². The van der Waals surface area contributed by atoms with Crippen LogP contribution in [-0.2, 0) is 22.7 Å². The van der Waals surface area contributed by atoms with Crippen molar-refractivity contribution in [3.05, 3.63) is 76.5 Å². The van der Waals surface area contributed by atoms with Gasteiger partial charge in [0.25, 0.3) is 0 Å². The Labute approximate surface area is 187 Å². The highest BCUT2D eigenvalue weighted by atomic mass is 32.1. The minimum absolute atomic E-state index is 0.0325. The highest BCUT2D eigenvalue weighted by Crippen LogP contribution is 2.24. The lowest BCUT2D eigenvalue weighted by Crippen LogP contribution is -2.33. The molecule has 32 heavy (non-hydrogen) atoms. The molecule has 0 saturated heterocycles. The number of anilines is 2. The summed E-state index contributed by atoms with van der Waals surface area (Å²) in [6, 6.07) is 15.2. The predicted molar refractivity (Wildman–Crippen MR) is 121 cm³/mol. The Hall–Kier alpha value is -4.03. The Morgan fingerprint density at radius 2 is 2.00 bits per heavy atom. The Kier molecular flexibility index (Phi) is 5.96. The lowest BCUT2D eigenvalue weighted by molar-refractivity contribution is -0.119. The number of halogens is 1. The minimum atomic E-state index is -0.547. The maximum atomic E-state index is 14.1. The fourth-order valence-electron chi connectivity index (χ4n) is 3.40. The van der Waals surface area contributed by atoms with Crippen LogP contribution in [0.25, 0.3) is 11.0 Å². The Bertz CT molecular complexity index is 1320. The predicted octanol–water partition coefficient (Wildman–Crippen LogP) is 4.30. The van der Waals surface area contributed by atoms with Gasteiger partial charge in [-0.05, 0) is 58.8 Å². The summed E-state index contributed by atoms with van der Waals surface area (Å²) < 4.78 is 15.6. The number of imidazole rings is 1. The summed E-state index contributed by atoms with van der Waals surface area (Å²) in [5, 5.41) is 16.1. The van der Waals surface area contributed by atoms with Crippen LogP contribution < -0.4 is 10.2 Å². The van der Waals surface area contributed by atoms with E-state index in [1.165, 1.54) is 35.0 Å². The van der Waals surface area contributed by atoms with Crippen molar-refractivity contribution in [3.63, 3.8) is 0 Å². The number of thiophene rings is 1. The number of rotatable bonds is 6. The van der Waals surface area contributed by atoms with Gasteiger partial charge in [0.1, 0.15) is 18.1 Å². The summed E-state index contributed by atoms with van der Waals surface area (Å²) >= 11 is 1.53. The van der Waals surface area contributed by atoms with Gasteiger partial charge in [0.05, 0.1) is 12.1 Å². The summed E-state index contributed by atoms with van der Waals surface area (Å²) in [4.78, 5) is 30.3. The van der Waals surface area contributed by atoms with Gasteiger partial charge in [-0.1, -0.05) is 6.07 Å². The molecule has 2 amide bonds. The molecular formula is C23H18FN5O2S. The maximum Gasteiger partial charge on any atom is 0.247 e. The highest BCUT2D eigenvalue weighted by molar-refractivity contribution is 7.07. The number of carbonyl (C=O) groups is 2. The van der Waals surface area contributed by atoms with Crippen LogP contribution in [0, 0.1) is 17.1 Å². The van der Waals surface area contributed by atoms with Crippen LogP contribution >= 0.6 is 11.3 Å². The van der Waals surface area contributed by atoms with Crippen molar-refractivity contribution in [1.29, 1.82) is 5.26 Å². The fraction of sp³-hybridized carbons (Fsp3) is 0.130. The molecule has 2 aromatic carbocycles. The van der Waals surface area contributed by atoms with Crippen LogP contribution in [0.15, 0.2) is 59.3 Å². The Morgan fingerprint density at radius 3 is 2.66 bits per heavy atom. The van der Waals surface area contributed by atoms with Gasteiger partial charge >= 0.3 is 0 Å². The molecule has 7 nitrogen and oxygen atoms in total. The summed E-state index contributed by atoms with van der Waals surface area (Å²) in [6.45, 7) is 1.57. The highest BCUT2D eigenvalue weighted by Gasteiger charge is 2.21. The molecule has 0 aliphatic heterocycles. The van der Waals surface area contributed by atoms with Crippen molar-refractivity contribution in [1.82, 2.24) is 9.55 Å². The zero-order valence-corrected chi connectivity index (χ0v) is 17.9. The van der Waals surface area contributed by atoms with Crippen molar-refractivity contribution in [2.24, 2.45) is 0 Å². The van der Waals surface area contributed by atoms with E-state index in [1.807, 2.05) is 22.9 Å². The molecule has 0 spiro atoms. The third kappa shape index (κ3) is 4.36. The van der Waals surface area contributed by atoms with Gasteiger partial charge in [0, 0.05) is 18.3 Å². The molecule has 160 valence electrons. The molecule has 0 aliphatic carbocycles. The molecule has 4 aromatic rings. The molecule has 0 saturated carbocycles. The number of aromatic nitrogens is 2. The van der Waals surface area contributed by atoms with Crippen molar-refractivity contribution in [2.75, 3.05) is 10.2 Å². The van der Waals surface area contributed by atoms with E-state index >= 15 is 0 Å². The second-order valence-corrected chi connectivity index (χ2v) is 7.86. The first-order chi connectivity index (χ1) is 15.5. The van der Waals surface area contributed by atoms with Gasteiger partial charge in [-0.25, -0.2) is 9.37 Å². The monoisotopic (exact) mass is 447 g/mol. The van der Waals surface area contributed by atoms with Crippen molar-refractivity contribution >= 4 is 45.6 Å². The van der Waals surface area contributed by atoms with Gasteiger partial charge in [-0.15, -0.1) is 0 Å². The smallest absolute Gasteiger partial charge is 0.247 e. The van der Waals surface area contributed by atoms with Crippen LogP contribution in [0.2, 0.25) is 0 Å². The average molecular weight is 447 g/mol. The molecule has 1 N–H and O–H groups in total. The number of nitrogens with one attached hydrogen (secondary N) is 1. The molecular weight excluding hydrogens is 429 g/mol. The average Bonchev–Trinajstić information content (AvgIpc) is 3.41. The van der Waals surface area contributed by atoms with E-state index in [4.69, 9.17) is 0 Å². The second-order valence-electron chi connectivity index (χ2n) is 7.08. The van der Waals surface area contributed by atoms with Crippen molar-refractivity contribution < 1.29 is 14.0 Å². The summed E-state index contributed by atoms with van der Waals surface area (Å²) in [5.74, 6) is -1.06. The molecule has 0 unspecified atom stereocenters. The van der Waals surface area contributed by atoms with Gasteiger partial charge in [-0.3, -0.25) is 9.59 Å². The molecule has 0 fully saturated rings. The van der Waals surface area contributed by atoms with Crippen LogP contribution in [0.4, 0.5) is 15.8 Å². The largest absolute Gasteiger partial charge is 0.326 e. The number of nitrogens with zero attached hydrogens (tertiary/aromatic N) is 4. The number of fused-ring (bicyclic) bond motifs is 1. The number of carbonyl (C=O) groups excluding carboxylic acids is 2. The topological polar surface area (TPSA) is 91.0 Å². The molecule has 0 radical (unpaired) electrons. The van der Waals surface area contributed by atoms with E-state index in [-0.39, 0.29) is 29.7 Å². The summed E-state index contributed by atoms with van der Waals surface area (Å²) in [7, 11) is 0. The number of para-hydroxylation sites is 1. The number of amides is 2. The number of hydrogen-bond acceptors (Lipinski definition) is 5. The number of benzene rings is 2. The molecule has 0 bridgehead atoms. The number of nitriles is 1. The molecule has 9 heteroatoms. The number of hydrogen-bond donors (Lipinski definition) is 1. The van der Waals surface area contributed by atoms with Crippen LogP contribution in [0.5, 0.6) is 0 Å². The first-order valence-corrected chi connectivity index (χ1v) is 10.6. The Balaban J connectivity index is 1.68. The lowest BCUT2D eigenvalue weighted by Gasteiger charge is -2.23. The van der Waals surface area contributed by atoms with Gasteiger partial charge < -0.3 is 14.8 Å². The normalized spacial score (nSPS) is 10.7. The minimum Gasteiger partial charge on any atom is -0.326 e. The van der Waals surface area contributed by atoms with Crippen LogP contribution in [0.1, 0.15) is 18.3 Å². The van der Waals surface area contributed by atoms with Gasteiger partial charge in [0.2, 0.25) is 17.6 Å². The zero-order valence-electron chi connectivity index (χ0n) is 17.1. The molecule has 2 aromatic heterocycles. The van der Waals surface area contributed by atoms with E-state index < -0.39 is 5.82 Å². The van der Waals surface area contributed by atoms with E-state index in [9.17, 15) is 19.2 Å². The summed E-state index contributed by atoms with van der Waals surface area (Å²) in [5.41, 5.74) is 2.64. The Morgan fingerprint density at radius 1 is 1.22 bits per heavy atom. The maximum absolute atomic E-state index is 14.1. The standard InChI is InChI=1S/C23H18FN5O2S/c1-15(30)26-17-5-7-18(8-6-17)28(12-16-9-10-32-14-16)22(31)13-29-20-4-2-3-19(24)23(20)27-21(29)11-25/h2-10,14H,12-13H2,1H3,(H,26,30). The molecule has 0 aliphatic rings. The molecule has 0 atom stereocenters. The third-order valence-corrected chi connectivity index (χ3v) is 5.58. The van der Waals surface area contributed by atoms with Crippen LogP contribution in [-0.4, -0.2) is 21.4 Å². The van der Waals surface area contributed by atoms with Crippen molar-refractivity contribution in [2.45, 2.75) is 20.0 Å². The lowest BCUT2D eigenvalue weighted by atomic mass is 10.2. The molecule has 2 heterocycles. The van der Waals surface area contributed by atoms with Crippen molar-refractivity contribution in [3.8, 4) is 6.07 Å². The second kappa shape index (κ2) is 8.99. The van der Waals surface area contributed by atoms with E-state index in [0.717, 1.165) is 5.56 Å². The first kappa shape index (κ1) is 21.2. The van der Waals surface area contributed by atoms with E-state index in [1.54, 1.807) is 35.2 Å². The first-order valence-electron chi connectivity index (χ1n) is 9.70. The quantitative estimate of drug-likeness (QED) is 0.477. The SMILES string of the molecule is CC(=O)Nc1ccc(N(Cc2ccsc2)C(=O)Cn2c(C#N)nc3c(F)cccc32)cc1. The van der Waals surface area contributed by atoms with Gasteiger partial charge in [0.15, 0.2) is 5.82 Å². The molecule has 4 rings (SSSR count). The summed E-state index contributed by atoms with van der Waals surface area (Å²) in [6.07, 6.45) is 0. The third-order valence-electron chi connectivity index (χ3n) is 4.84. The fourth-order valence-corrected chi connectivity index (χ4v) is 4.06. The zero-order chi connectivity index (χ0) is 22.7. The van der Waals surface area contributed by atoms with E-state index in [2.05, 4.69) is 10.3 Å². The van der Waals surface area contributed by atoms with Gasteiger partial charge in [-0.2, -0.15) is 16.6 Å². The van der Waals surface area contributed by atoms with E-state index in [0.29, 0.717) is 23.4 Å².